The molecular formula is C13H11F2NO4S2. The summed E-state index contributed by atoms with van der Waals surface area (Å²) in [4.78, 5) is -0.327. The van der Waals surface area contributed by atoms with E-state index in [1.54, 1.807) is 0 Å². The normalized spacial score (nSPS) is 12.1. The number of halogens is 2. The first-order chi connectivity index (χ1) is 10.1. The summed E-state index contributed by atoms with van der Waals surface area (Å²) in [6, 6.07) is 6.72. The third kappa shape index (κ3) is 3.60. The lowest BCUT2D eigenvalue weighted by Gasteiger charge is -2.09. The Labute approximate surface area is 126 Å². The lowest BCUT2D eigenvalue weighted by atomic mass is 10.3. The number of rotatable bonds is 4. The molecule has 2 aromatic rings. The van der Waals surface area contributed by atoms with E-state index in [2.05, 4.69) is 0 Å². The molecule has 2 aromatic carbocycles. The highest BCUT2D eigenvalue weighted by atomic mass is 32.2. The monoisotopic (exact) mass is 347 g/mol. The third-order valence-electron chi connectivity index (χ3n) is 2.73. The highest BCUT2D eigenvalue weighted by Crippen LogP contribution is 2.21. The quantitative estimate of drug-likeness (QED) is 0.919. The zero-order valence-electron chi connectivity index (χ0n) is 11.2. The van der Waals surface area contributed by atoms with Crippen LogP contribution in [-0.4, -0.2) is 23.1 Å². The predicted molar refractivity (Wildman–Crippen MR) is 76.7 cm³/mol. The minimum atomic E-state index is -4.17. The highest BCUT2D eigenvalue weighted by Gasteiger charge is 2.18. The first-order valence-electron chi connectivity index (χ1n) is 5.87. The average molecular weight is 347 g/mol. The first-order valence-corrected chi connectivity index (χ1v) is 9.25. The summed E-state index contributed by atoms with van der Waals surface area (Å²) in [6.07, 6.45) is 0.983. The Bertz CT molecular complexity index is 908. The maximum Gasteiger partial charge on any atom is 0.261 e. The number of sulfone groups is 1. The molecule has 0 amide bonds. The van der Waals surface area contributed by atoms with E-state index < -0.39 is 37.2 Å². The Morgan fingerprint density at radius 2 is 1.41 bits per heavy atom. The van der Waals surface area contributed by atoms with Crippen LogP contribution in [0, 0.1) is 11.6 Å². The van der Waals surface area contributed by atoms with E-state index >= 15 is 0 Å². The van der Waals surface area contributed by atoms with Crippen LogP contribution in [0.4, 0.5) is 14.5 Å². The highest BCUT2D eigenvalue weighted by molar-refractivity contribution is 7.92. The number of benzene rings is 2. The van der Waals surface area contributed by atoms with Crippen LogP contribution >= 0.6 is 0 Å². The van der Waals surface area contributed by atoms with Gasteiger partial charge in [0.2, 0.25) is 0 Å². The summed E-state index contributed by atoms with van der Waals surface area (Å²) in [6.45, 7) is 0. The van der Waals surface area contributed by atoms with E-state index in [1.165, 1.54) is 0 Å². The van der Waals surface area contributed by atoms with Crippen molar-refractivity contribution >= 4 is 25.5 Å². The van der Waals surface area contributed by atoms with Crippen molar-refractivity contribution < 1.29 is 25.6 Å². The van der Waals surface area contributed by atoms with Crippen LogP contribution in [0.5, 0.6) is 0 Å². The van der Waals surface area contributed by atoms with E-state index in [-0.39, 0.29) is 9.79 Å². The van der Waals surface area contributed by atoms with Gasteiger partial charge in [0, 0.05) is 12.3 Å². The standard InChI is InChI=1S/C13H11F2NO4S2/c1-21(17,18)10-3-5-11(6-4-10)22(19,20)16-13-8-9(14)2-7-12(13)15/h2-8,16H,1H3. The summed E-state index contributed by atoms with van der Waals surface area (Å²) in [7, 11) is -7.63. The Morgan fingerprint density at radius 1 is 0.864 bits per heavy atom. The van der Waals surface area contributed by atoms with Gasteiger partial charge in [-0.1, -0.05) is 0 Å². The van der Waals surface area contributed by atoms with Gasteiger partial charge in [0.15, 0.2) is 9.84 Å². The molecule has 1 N–H and O–H groups in total. The summed E-state index contributed by atoms with van der Waals surface area (Å²) < 4.78 is 75.2. The molecule has 0 spiro atoms. The molecule has 0 aromatic heterocycles. The minimum Gasteiger partial charge on any atom is -0.277 e. The SMILES string of the molecule is CS(=O)(=O)c1ccc(S(=O)(=O)Nc2cc(F)ccc2F)cc1. The fourth-order valence-corrected chi connectivity index (χ4v) is 3.33. The fraction of sp³-hybridized carbons (Fsp3) is 0.0769. The smallest absolute Gasteiger partial charge is 0.261 e. The second kappa shape index (κ2) is 5.65. The second-order valence-corrected chi connectivity index (χ2v) is 8.17. The van der Waals surface area contributed by atoms with Gasteiger partial charge in [-0.2, -0.15) is 0 Å². The van der Waals surface area contributed by atoms with E-state index in [0.29, 0.717) is 6.07 Å². The molecule has 0 aliphatic heterocycles. The summed E-state index contributed by atoms with van der Waals surface area (Å²) in [5.41, 5.74) is -0.535. The maximum atomic E-state index is 13.5. The van der Waals surface area contributed by atoms with Gasteiger partial charge in [-0.3, -0.25) is 4.72 Å². The van der Waals surface area contributed by atoms with Crippen LogP contribution < -0.4 is 4.72 Å². The molecule has 0 aliphatic rings. The van der Waals surface area contributed by atoms with Crippen molar-refractivity contribution in [1.29, 1.82) is 0 Å². The molecule has 0 unspecified atom stereocenters. The van der Waals surface area contributed by atoms with Crippen LogP contribution in [0.25, 0.3) is 0 Å². The van der Waals surface area contributed by atoms with Gasteiger partial charge in [-0.25, -0.2) is 25.6 Å². The molecule has 0 saturated carbocycles. The van der Waals surface area contributed by atoms with Crippen LogP contribution in [0.3, 0.4) is 0 Å². The van der Waals surface area contributed by atoms with Crippen molar-refractivity contribution in [2.75, 3.05) is 11.0 Å². The van der Waals surface area contributed by atoms with E-state index in [1.807, 2.05) is 4.72 Å². The molecule has 0 aliphatic carbocycles. The zero-order chi connectivity index (χ0) is 16.5. The second-order valence-electron chi connectivity index (χ2n) is 4.47. The average Bonchev–Trinajstić information content (AvgIpc) is 2.42. The van der Waals surface area contributed by atoms with Crippen molar-refractivity contribution in [2.45, 2.75) is 9.79 Å². The summed E-state index contributed by atoms with van der Waals surface area (Å²) in [5.74, 6) is -1.73. The predicted octanol–water partition coefficient (Wildman–Crippen LogP) is 2.17. The van der Waals surface area contributed by atoms with E-state index in [9.17, 15) is 25.6 Å². The van der Waals surface area contributed by atoms with Crippen LogP contribution in [0.15, 0.2) is 52.3 Å². The van der Waals surface area contributed by atoms with Gasteiger partial charge in [0.1, 0.15) is 11.6 Å². The van der Waals surface area contributed by atoms with Crippen LogP contribution in [-0.2, 0) is 19.9 Å². The molecule has 0 atom stereocenters. The number of hydrogen-bond donors (Lipinski definition) is 1. The zero-order valence-corrected chi connectivity index (χ0v) is 12.9. The molecule has 0 bridgehead atoms. The molecule has 0 radical (unpaired) electrons. The maximum absolute atomic E-state index is 13.5. The lowest BCUT2D eigenvalue weighted by Crippen LogP contribution is -2.14. The topological polar surface area (TPSA) is 80.3 Å². The van der Waals surface area contributed by atoms with Gasteiger partial charge >= 0.3 is 0 Å². The van der Waals surface area contributed by atoms with Gasteiger partial charge in [0.25, 0.3) is 10.0 Å². The Hall–Kier alpha value is -2.00. The van der Waals surface area contributed by atoms with Gasteiger partial charge in [0.05, 0.1) is 15.5 Å². The largest absolute Gasteiger partial charge is 0.277 e. The summed E-state index contributed by atoms with van der Waals surface area (Å²) in [5, 5.41) is 0. The van der Waals surface area contributed by atoms with Gasteiger partial charge in [-0.05, 0) is 36.4 Å². The number of sulfonamides is 1. The molecule has 2 rings (SSSR count). The Kier molecular flexibility index (Phi) is 4.21. The molecule has 0 saturated heterocycles. The van der Waals surface area contributed by atoms with E-state index in [4.69, 9.17) is 0 Å². The van der Waals surface area contributed by atoms with Crippen molar-refractivity contribution in [3.63, 3.8) is 0 Å². The minimum absolute atomic E-state index is 0.0524. The molecule has 118 valence electrons. The van der Waals surface area contributed by atoms with Crippen molar-refractivity contribution in [3.05, 3.63) is 54.1 Å². The van der Waals surface area contributed by atoms with Crippen molar-refractivity contribution in [3.8, 4) is 0 Å². The van der Waals surface area contributed by atoms with Gasteiger partial charge in [-0.15, -0.1) is 0 Å². The van der Waals surface area contributed by atoms with Crippen molar-refractivity contribution in [2.24, 2.45) is 0 Å². The molecule has 0 heterocycles. The fourth-order valence-electron chi connectivity index (χ4n) is 1.65. The van der Waals surface area contributed by atoms with Gasteiger partial charge < -0.3 is 0 Å². The van der Waals surface area contributed by atoms with Crippen LogP contribution in [0.2, 0.25) is 0 Å². The third-order valence-corrected chi connectivity index (χ3v) is 5.24. The number of nitrogens with one attached hydrogen (secondary N) is 1. The summed E-state index contributed by atoms with van der Waals surface area (Å²) >= 11 is 0. The molecule has 0 fully saturated rings. The van der Waals surface area contributed by atoms with E-state index in [0.717, 1.165) is 42.7 Å². The Morgan fingerprint density at radius 3 is 1.95 bits per heavy atom. The number of hydrogen-bond acceptors (Lipinski definition) is 4. The Balaban J connectivity index is 2.37. The number of anilines is 1. The van der Waals surface area contributed by atoms with Crippen molar-refractivity contribution in [1.82, 2.24) is 0 Å². The molecular weight excluding hydrogens is 336 g/mol. The van der Waals surface area contributed by atoms with Crippen LogP contribution in [0.1, 0.15) is 0 Å². The molecule has 5 nitrogen and oxygen atoms in total. The first kappa shape index (κ1) is 16.4. The molecule has 22 heavy (non-hydrogen) atoms. The lowest BCUT2D eigenvalue weighted by molar-refractivity contribution is 0.593. The molecule has 9 heteroatoms.